The summed E-state index contributed by atoms with van der Waals surface area (Å²) in [5, 5.41) is 5.43. The van der Waals surface area contributed by atoms with Crippen LogP contribution in [0.2, 0.25) is 0 Å². The van der Waals surface area contributed by atoms with Crippen molar-refractivity contribution in [3.8, 4) is 5.75 Å². The molecule has 7 heteroatoms. The van der Waals surface area contributed by atoms with Gasteiger partial charge in [-0.15, -0.1) is 0 Å². The Kier molecular flexibility index (Phi) is 5.09. The average molecular weight is 446 g/mol. The Morgan fingerprint density at radius 3 is 2.73 bits per heavy atom. The van der Waals surface area contributed by atoms with E-state index in [1.54, 1.807) is 0 Å². The van der Waals surface area contributed by atoms with Gasteiger partial charge in [-0.05, 0) is 49.9 Å². The second-order valence-corrected chi connectivity index (χ2v) is 9.90. The van der Waals surface area contributed by atoms with Gasteiger partial charge in [-0.25, -0.2) is 9.67 Å². The fraction of sp³-hybridized carbons (Fsp3) is 0.500. The molecule has 2 aromatic heterocycles. The van der Waals surface area contributed by atoms with Crippen molar-refractivity contribution in [3.05, 3.63) is 52.8 Å². The number of amides is 1. The number of pyridine rings is 1. The smallest absolute Gasteiger partial charge is 0.254 e. The number of fused-ring (bicyclic) bond motifs is 2. The molecule has 1 saturated carbocycles. The van der Waals surface area contributed by atoms with Crippen molar-refractivity contribution in [1.29, 1.82) is 0 Å². The van der Waals surface area contributed by atoms with Crippen LogP contribution in [0.25, 0.3) is 11.0 Å². The molecule has 3 aliphatic rings. The summed E-state index contributed by atoms with van der Waals surface area (Å²) in [5.74, 6) is 1.64. The Bertz CT molecular complexity index is 1200. The molecule has 1 amide bonds. The SMILES string of the molecule is CC(C)n1ncc2c(C(=O)N3CCN(Cc4ccc5c(c4)CCO5)CC3)cc(C3CC3)nc21. The monoisotopic (exact) mass is 445 g/mol. The molecule has 0 N–H and O–H groups in total. The van der Waals surface area contributed by atoms with Crippen LogP contribution in [0.1, 0.15) is 65.8 Å². The molecule has 7 nitrogen and oxygen atoms in total. The van der Waals surface area contributed by atoms with Gasteiger partial charge in [0.1, 0.15) is 5.75 Å². The third-order valence-corrected chi connectivity index (χ3v) is 7.12. The Balaban J connectivity index is 1.18. The fourth-order valence-electron chi connectivity index (χ4n) is 5.06. The maximum atomic E-state index is 13.6. The second kappa shape index (κ2) is 8.13. The number of nitrogens with zero attached hydrogens (tertiary/aromatic N) is 5. The maximum absolute atomic E-state index is 13.6. The highest BCUT2D eigenvalue weighted by Gasteiger charge is 2.30. The van der Waals surface area contributed by atoms with Crippen molar-refractivity contribution in [2.24, 2.45) is 0 Å². The van der Waals surface area contributed by atoms with Crippen molar-refractivity contribution in [2.45, 2.75) is 51.6 Å². The first-order valence-corrected chi connectivity index (χ1v) is 12.2. The van der Waals surface area contributed by atoms with Gasteiger partial charge in [0.25, 0.3) is 5.91 Å². The highest BCUT2D eigenvalue weighted by atomic mass is 16.5. The first-order chi connectivity index (χ1) is 16.1. The van der Waals surface area contributed by atoms with Crippen molar-refractivity contribution >= 4 is 16.9 Å². The molecule has 2 fully saturated rings. The van der Waals surface area contributed by atoms with E-state index in [1.807, 2.05) is 21.8 Å². The molecule has 0 bridgehead atoms. The van der Waals surface area contributed by atoms with E-state index in [-0.39, 0.29) is 11.9 Å². The minimum Gasteiger partial charge on any atom is -0.493 e. The maximum Gasteiger partial charge on any atom is 0.254 e. The van der Waals surface area contributed by atoms with Gasteiger partial charge in [0.2, 0.25) is 0 Å². The molecule has 2 aliphatic heterocycles. The van der Waals surface area contributed by atoms with Gasteiger partial charge >= 0.3 is 0 Å². The minimum absolute atomic E-state index is 0.113. The zero-order valence-electron chi connectivity index (χ0n) is 19.5. The Morgan fingerprint density at radius 2 is 1.97 bits per heavy atom. The quantitative estimate of drug-likeness (QED) is 0.598. The molecule has 3 aromatic rings. The summed E-state index contributed by atoms with van der Waals surface area (Å²) >= 11 is 0. The Hall–Kier alpha value is -2.93. The first-order valence-electron chi connectivity index (χ1n) is 12.2. The predicted octanol–water partition coefficient (Wildman–Crippen LogP) is 3.78. The first kappa shape index (κ1) is 20.7. The van der Waals surface area contributed by atoms with Gasteiger partial charge in [0.15, 0.2) is 5.65 Å². The summed E-state index contributed by atoms with van der Waals surface area (Å²) in [4.78, 5) is 23.0. The lowest BCUT2D eigenvalue weighted by Gasteiger charge is -2.35. The largest absolute Gasteiger partial charge is 0.493 e. The summed E-state index contributed by atoms with van der Waals surface area (Å²) in [6.45, 7) is 9.17. The van der Waals surface area contributed by atoms with Crippen LogP contribution in [0.3, 0.4) is 0 Å². The number of rotatable bonds is 5. The molecule has 0 atom stereocenters. The standard InChI is InChI=1S/C26H31N5O2/c1-17(2)31-25-22(15-27-31)21(14-23(28-25)19-4-5-19)26(32)30-10-8-29(9-11-30)16-18-3-6-24-20(13-18)7-12-33-24/h3,6,13-15,17,19H,4-5,7-12,16H2,1-2H3. The highest BCUT2D eigenvalue weighted by molar-refractivity contribution is 6.05. The van der Waals surface area contributed by atoms with Crippen molar-refractivity contribution < 1.29 is 9.53 Å². The summed E-state index contributed by atoms with van der Waals surface area (Å²) in [6, 6.07) is 8.79. The van der Waals surface area contributed by atoms with E-state index >= 15 is 0 Å². The minimum atomic E-state index is 0.113. The lowest BCUT2D eigenvalue weighted by atomic mass is 10.1. The molecule has 1 aliphatic carbocycles. The van der Waals surface area contributed by atoms with E-state index in [0.717, 1.165) is 86.6 Å². The predicted molar refractivity (Wildman–Crippen MR) is 127 cm³/mol. The molecule has 1 aromatic carbocycles. The van der Waals surface area contributed by atoms with Crippen LogP contribution in [0.15, 0.2) is 30.5 Å². The fourth-order valence-corrected chi connectivity index (χ4v) is 5.06. The van der Waals surface area contributed by atoms with Crippen LogP contribution in [0, 0.1) is 0 Å². The van der Waals surface area contributed by atoms with E-state index in [4.69, 9.17) is 9.72 Å². The average Bonchev–Trinajstić information content (AvgIpc) is 3.41. The van der Waals surface area contributed by atoms with Crippen LogP contribution in [0.4, 0.5) is 0 Å². The number of carbonyl (C=O) groups is 1. The highest BCUT2D eigenvalue weighted by Crippen LogP contribution is 2.40. The Labute approximate surface area is 194 Å². The van der Waals surface area contributed by atoms with Crippen molar-refractivity contribution in [2.75, 3.05) is 32.8 Å². The van der Waals surface area contributed by atoms with Crippen LogP contribution in [0.5, 0.6) is 5.75 Å². The van der Waals surface area contributed by atoms with Crippen molar-refractivity contribution in [1.82, 2.24) is 24.6 Å². The molecule has 0 spiro atoms. The van der Waals surface area contributed by atoms with Gasteiger partial charge in [-0.2, -0.15) is 5.10 Å². The van der Waals surface area contributed by atoms with Crippen LogP contribution >= 0.6 is 0 Å². The second-order valence-electron chi connectivity index (χ2n) is 9.90. The topological polar surface area (TPSA) is 63.5 Å². The molecule has 33 heavy (non-hydrogen) atoms. The van der Waals surface area contributed by atoms with Gasteiger partial charge < -0.3 is 9.64 Å². The van der Waals surface area contributed by atoms with E-state index < -0.39 is 0 Å². The van der Waals surface area contributed by atoms with Crippen LogP contribution in [-0.2, 0) is 13.0 Å². The lowest BCUT2D eigenvalue weighted by Crippen LogP contribution is -2.48. The van der Waals surface area contributed by atoms with Gasteiger partial charge in [0, 0.05) is 56.8 Å². The van der Waals surface area contributed by atoms with E-state index in [9.17, 15) is 4.79 Å². The number of aromatic nitrogens is 3. The third-order valence-electron chi connectivity index (χ3n) is 7.12. The van der Waals surface area contributed by atoms with E-state index in [1.165, 1.54) is 11.1 Å². The third kappa shape index (κ3) is 3.88. The molecule has 0 unspecified atom stereocenters. The zero-order valence-corrected chi connectivity index (χ0v) is 19.5. The van der Waals surface area contributed by atoms with Gasteiger partial charge in [-0.1, -0.05) is 12.1 Å². The van der Waals surface area contributed by atoms with E-state index in [2.05, 4.69) is 42.0 Å². The van der Waals surface area contributed by atoms with Crippen molar-refractivity contribution in [3.63, 3.8) is 0 Å². The molecule has 0 radical (unpaired) electrons. The summed E-state index contributed by atoms with van der Waals surface area (Å²) in [5.41, 5.74) is 5.30. The van der Waals surface area contributed by atoms with Crippen LogP contribution in [-0.4, -0.2) is 63.3 Å². The number of carbonyl (C=O) groups excluding carboxylic acids is 1. The van der Waals surface area contributed by atoms with Gasteiger partial charge in [-0.3, -0.25) is 9.69 Å². The summed E-state index contributed by atoms with van der Waals surface area (Å²) < 4.78 is 7.57. The lowest BCUT2D eigenvalue weighted by molar-refractivity contribution is 0.0630. The summed E-state index contributed by atoms with van der Waals surface area (Å²) in [7, 11) is 0. The van der Waals surface area contributed by atoms with Gasteiger partial charge in [0.05, 0.1) is 23.8 Å². The number of hydrogen-bond acceptors (Lipinski definition) is 5. The van der Waals surface area contributed by atoms with Crippen LogP contribution < -0.4 is 4.74 Å². The normalized spacial score (nSPS) is 18.7. The zero-order chi connectivity index (χ0) is 22.5. The van der Waals surface area contributed by atoms with E-state index in [0.29, 0.717) is 5.92 Å². The molecule has 1 saturated heterocycles. The molecule has 172 valence electrons. The molecule has 6 rings (SSSR count). The summed E-state index contributed by atoms with van der Waals surface area (Å²) in [6.07, 6.45) is 5.15. The number of piperazine rings is 1. The number of hydrogen-bond donors (Lipinski definition) is 0. The molecular formula is C26H31N5O2. The molecule has 4 heterocycles. The number of ether oxygens (including phenoxy) is 1. The number of benzene rings is 1. The Morgan fingerprint density at radius 1 is 1.15 bits per heavy atom. The molecular weight excluding hydrogens is 414 g/mol.